The van der Waals surface area contributed by atoms with Crippen LogP contribution in [0.3, 0.4) is 0 Å². The van der Waals surface area contributed by atoms with E-state index in [9.17, 15) is 4.79 Å². The van der Waals surface area contributed by atoms with Gasteiger partial charge in [0, 0.05) is 38.4 Å². The Morgan fingerprint density at radius 1 is 1.03 bits per heavy atom. The summed E-state index contributed by atoms with van der Waals surface area (Å²) >= 11 is 3.26. The number of nitrogens with two attached hydrogens (primary N) is 1. The van der Waals surface area contributed by atoms with E-state index < -0.39 is 5.91 Å². The lowest BCUT2D eigenvalue weighted by Gasteiger charge is -2.41. The number of benzene rings is 2. The molecule has 0 bridgehead atoms. The van der Waals surface area contributed by atoms with Crippen molar-refractivity contribution in [2.45, 2.75) is 32.0 Å². The first kappa shape index (κ1) is 25.8. The number of hydrogen-bond acceptors (Lipinski definition) is 7. The third-order valence-corrected chi connectivity index (χ3v) is 7.13. The second kappa shape index (κ2) is 12.1. The number of piperidine rings is 1. The van der Waals surface area contributed by atoms with Crippen molar-refractivity contribution in [1.29, 1.82) is 0 Å². The van der Waals surface area contributed by atoms with Gasteiger partial charge in [0.15, 0.2) is 11.5 Å². The van der Waals surface area contributed by atoms with Crippen LogP contribution >= 0.6 is 15.9 Å². The van der Waals surface area contributed by atoms with Gasteiger partial charge < -0.3 is 16.0 Å². The molecule has 0 spiro atoms. The summed E-state index contributed by atoms with van der Waals surface area (Å²) in [6, 6.07) is 23.5. The van der Waals surface area contributed by atoms with Crippen molar-refractivity contribution in [1.82, 2.24) is 19.9 Å². The van der Waals surface area contributed by atoms with E-state index in [2.05, 4.69) is 107 Å². The minimum absolute atomic E-state index is 0.0718. The minimum Gasteiger partial charge on any atom is -0.382 e. The summed E-state index contributed by atoms with van der Waals surface area (Å²) in [5.41, 5.74) is 10.1. The smallest absolute Gasteiger partial charge is 0.278 e. The molecule has 194 valence electrons. The zero-order valence-electron chi connectivity index (χ0n) is 21.0. The van der Waals surface area contributed by atoms with Crippen LogP contribution in [0.1, 0.15) is 34.5 Å². The van der Waals surface area contributed by atoms with E-state index in [0.29, 0.717) is 16.3 Å². The maximum atomic E-state index is 13.0. The van der Waals surface area contributed by atoms with Gasteiger partial charge in [-0.3, -0.25) is 14.7 Å². The van der Waals surface area contributed by atoms with Gasteiger partial charge in [-0.05, 0) is 46.0 Å². The Kier molecular flexibility index (Phi) is 8.25. The summed E-state index contributed by atoms with van der Waals surface area (Å²) in [5, 5.41) is 2.96. The van der Waals surface area contributed by atoms with Crippen LogP contribution < -0.4 is 16.0 Å². The third-order valence-electron chi connectivity index (χ3n) is 6.74. The molecule has 1 aliphatic heterocycles. The fraction of sp³-hybridized carbons (Fsp3) is 0.241. The number of rotatable bonds is 8. The van der Waals surface area contributed by atoms with Crippen LogP contribution in [0.25, 0.3) is 0 Å². The number of carbonyl (C=O) groups excluding carboxylic acids is 1. The molecule has 1 atom stereocenters. The van der Waals surface area contributed by atoms with Gasteiger partial charge in [-0.15, -0.1) is 0 Å². The first-order chi connectivity index (χ1) is 18.6. The molecular weight excluding hydrogens is 542 g/mol. The maximum Gasteiger partial charge on any atom is 0.278 e. The quantitative estimate of drug-likeness (QED) is 0.302. The molecule has 3 heterocycles. The Balaban J connectivity index is 1.37. The highest BCUT2D eigenvalue weighted by atomic mass is 79.9. The van der Waals surface area contributed by atoms with E-state index in [1.807, 2.05) is 6.07 Å². The molecule has 3 N–H and O–H groups in total. The first-order valence-electron chi connectivity index (χ1n) is 12.7. The Bertz CT molecular complexity index is 1330. The molecule has 38 heavy (non-hydrogen) atoms. The summed E-state index contributed by atoms with van der Waals surface area (Å²) in [4.78, 5) is 30.4. The molecular formula is C29H30BrN7O. The Morgan fingerprint density at radius 3 is 2.39 bits per heavy atom. The lowest BCUT2D eigenvalue weighted by atomic mass is 10.0. The number of carbonyl (C=O) groups is 1. The van der Waals surface area contributed by atoms with Crippen LogP contribution in [0.15, 0.2) is 89.9 Å². The molecule has 1 fully saturated rings. The number of hydrogen-bond donors (Lipinski definition) is 2. The van der Waals surface area contributed by atoms with Crippen molar-refractivity contribution in [2.75, 3.05) is 29.0 Å². The summed E-state index contributed by atoms with van der Waals surface area (Å²) in [6.07, 6.45) is 7.04. The SMILES string of the molecule is Nc1ncc(Br)nc1C(=O)Nc1cnccc1N1CCCC(N(Cc2ccccc2)Cc2ccccc2)C1. The number of anilines is 3. The van der Waals surface area contributed by atoms with Crippen molar-refractivity contribution < 1.29 is 4.79 Å². The van der Waals surface area contributed by atoms with Crippen LogP contribution in [-0.4, -0.2) is 44.9 Å². The standard InChI is InChI=1S/C29H30BrN7O/c30-26-17-33-28(31)27(35-26)29(38)34-24-16-32-14-13-25(24)36-15-7-12-23(20-36)37(18-21-8-3-1-4-9-21)19-22-10-5-2-6-11-22/h1-6,8-11,13-14,16-17,23H,7,12,15,18-20H2,(H2,31,33)(H,34,38). The van der Waals surface area contributed by atoms with Gasteiger partial charge in [0.1, 0.15) is 4.60 Å². The summed E-state index contributed by atoms with van der Waals surface area (Å²) in [7, 11) is 0. The van der Waals surface area contributed by atoms with Gasteiger partial charge in [0.25, 0.3) is 5.91 Å². The third kappa shape index (κ3) is 6.35. The maximum absolute atomic E-state index is 13.0. The van der Waals surface area contributed by atoms with Crippen molar-refractivity contribution >= 4 is 39.0 Å². The zero-order chi connectivity index (χ0) is 26.3. The van der Waals surface area contributed by atoms with Crippen molar-refractivity contribution in [3.8, 4) is 0 Å². The van der Waals surface area contributed by atoms with Gasteiger partial charge in [-0.25, -0.2) is 9.97 Å². The lowest BCUT2D eigenvalue weighted by Crippen LogP contribution is -2.47. The Morgan fingerprint density at radius 2 is 1.71 bits per heavy atom. The predicted molar refractivity (Wildman–Crippen MR) is 154 cm³/mol. The van der Waals surface area contributed by atoms with Gasteiger partial charge >= 0.3 is 0 Å². The second-order valence-corrected chi connectivity index (χ2v) is 10.2. The number of nitrogens with one attached hydrogen (secondary N) is 1. The lowest BCUT2D eigenvalue weighted by molar-refractivity contribution is 0.102. The van der Waals surface area contributed by atoms with E-state index in [4.69, 9.17) is 5.73 Å². The van der Waals surface area contributed by atoms with Crippen molar-refractivity contribution in [2.24, 2.45) is 0 Å². The molecule has 9 heteroatoms. The molecule has 8 nitrogen and oxygen atoms in total. The van der Waals surface area contributed by atoms with Gasteiger partial charge in [0.05, 0.1) is 23.8 Å². The zero-order valence-corrected chi connectivity index (χ0v) is 22.6. The number of nitrogen functional groups attached to an aromatic ring is 1. The highest BCUT2D eigenvalue weighted by Crippen LogP contribution is 2.30. The Hall–Kier alpha value is -3.82. The van der Waals surface area contributed by atoms with Crippen molar-refractivity contribution in [3.05, 3.63) is 107 Å². The van der Waals surface area contributed by atoms with E-state index in [-0.39, 0.29) is 11.5 Å². The van der Waals surface area contributed by atoms with Crippen LogP contribution in [-0.2, 0) is 13.1 Å². The van der Waals surface area contributed by atoms with Crippen LogP contribution in [0.2, 0.25) is 0 Å². The van der Waals surface area contributed by atoms with Gasteiger partial charge in [0.2, 0.25) is 0 Å². The summed E-state index contributed by atoms with van der Waals surface area (Å²) in [5.74, 6) is -0.347. The van der Waals surface area contributed by atoms with Crippen molar-refractivity contribution in [3.63, 3.8) is 0 Å². The van der Waals surface area contributed by atoms with Crippen LogP contribution in [0.4, 0.5) is 17.2 Å². The molecule has 0 radical (unpaired) electrons. The monoisotopic (exact) mass is 571 g/mol. The van der Waals surface area contributed by atoms with Crippen LogP contribution in [0.5, 0.6) is 0 Å². The molecule has 1 amide bonds. The van der Waals surface area contributed by atoms with E-state index in [1.54, 1.807) is 12.4 Å². The molecule has 5 rings (SSSR count). The second-order valence-electron chi connectivity index (χ2n) is 9.39. The van der Waals surface area contributed by atoms with E-state index >= 15 is 0 Å². The first-order valence-corrected chi connectivity index (χ1v) is 13.5. The average molecular weight is 573 g/mol. The highest BCUT2D eigenvalue weighted by molar-refractivity contribution is 9.10. The fourth-order valence-electron chi connectivity index (χ4n) is 4.91. The summed E-state index contributed by atoms with van der Waals surface area (Å²) < 4.78 is 0.444. The van der Waals surface area contributed by atoms with Gasteiger partial charge in [-0.1, -0.05) is 60.7 Å². The van der Waals surface area contributed by atoms with Gasteiger partial charge in [-0.2, -0.15) is 0 Å². The normalized spacial score (nSPS) is 15.4. The van der Waals surface area contributed by atoms with E-state index in [1.165, 1.54) is 17.3 Å². The number of amides is 1. The largest absolute Gasteiger partial charge is 0.382 e. The number of nitrogens with zero attached hydrogens (tertiary/aromatic N) is 5. The Labute approximate surface area is 231 Å². The molecule has 2 aromatic carbocycles. The highest BCUT2D eigenvalue weighted by Gasteiger charge is 2.27. The molecule has 4 aromatic rings. The topological polar surface area (TPSA) is 100 Å². The molecule has 1 saturated heterocycles. The predicted octanol–water partition coefficient (Wildman–Crippen LogP) is 5.14. The molecule has 2 aromatic heterocycles. The molecule has 0 saturated carbocycles. The fourth-order valence-corrected chi connectivity index (χ4v) is 5.19. The number of aromatic nitrogens is 3. The molecule has 1 aliphatic rings. The molecule has 0 aliphatic carbocycles. The summed E-state index contributed by atoms with van der Waals surface area (Å²) in [6.45, 7) is 3.47. The number of halogens is 1. The minimum atomic E-state index is -0.422. The molecule has 1 unspecified atom stereocenters. The van der Waals surface area contributed by atoms with E-state index in [0.717, 1.165) is 44.7 Å². The average Bonchev–Trinajstić information content (AvgIpc) is 2.95. The van der Waals surface area contributed by atoms with Crippen LogP contribution in [0, 0.1) is 0 Å². The number of pyridine rings is 1.